The van der Waals surface area contributed by atoms with Crippen LogP contribution in [0.2, 0.25) is 0 Å². The number of thioether (sulfide) groups is 1. The van der Waals surface area contributed by atoms with Crippen LogP contribution in [-0.2, 0) is 17.8 Å². The Morgan fingerprint density at radius 2 is 2.07 bits per heavy atom. The van der Waals surface area contributed by atoms with E-state index in [9.17, 15) is 9.59 Å². The maximum absolute atomic E-state index is 12.1. The molecule has 10 nitrogen and oxygen atoms in total. The van der Waals surface area contributed by atoms with Gasteiger partial charge in [-0.25, -0.2) is 9.48 Å². The highest BCUT2D eigenvalue weighted by Crippen LogP contribution is 2.32. The molecule has 2 aromatic heterocycles. The molecule has 0 atom stereocenters. The van der Waals surface area contributed by atoms with Gasteiger partial charge in [0.1, 0.15) is 13.2 Å². The Bertz CT molecular complexity index is 1020. The Hall–Kier alpha value is -3.12. The highest BCUT2D eigenvalue weighted by molar-refractivity contribution is 7.99. The maximum atomic E-state index is 12.1. The van der Waals surface area contributed by atoms with Crippen molar-refractivity contribution in [2.45, 2.75) is 18.1 Å². The molecule has 1 aromatic carbocycles. The van der Waals surface area contributed by atoms with Gasteiger partial charge in [-0.05, 0) is 34.0 Å². The number of fused-ring (bicyclic) bond motifs is 1. The molecule has 0 bridgehead atoms. The Kier molecular flexibility index (Phi) is 6.44. The lowest BCUT2D eigenvalue weighted by molar-refractivity contribution is -0.117. The lowest BCUT2D eigenvalue weighted by atomic mass is 10.2. The van der Waals surface area contributed by atoms with Crippen molar-refractivity contribution < 1.29 is 19.1 Å². The number of nitrogens with one attached hydrogen (secondary N) is 2. The van der Waals surface area contributed by atoms with Crippen LogP contribution in [0.1, 0.15) is 4.88 Å². The second-order valence-electron chi connectivity index (χ2n) is 6.16. The van der Waals surface area contributed by atoms with Crippen LogP contribution >= 0.6 is 23.1 Å². The first-order chi connectivity index (χ1) is 14.7. The fourth-order valence-corrected chi connectivity index (χ4v) is 4.09. The van der Waals surface area contributed by atoms with Crippen LogP contribution in [0.5, 0.6) is 11.5 Å². The van der Waals surface area contributed by atoms with E-state index in [4.69, 9.17) is 9.47 Å². The first-order valence-electron chi connectivity index (χ1n) is 9.09. The van der Waals surface area contributed by atoms with Crippen molar-refractivity contribution in [2.24, 2.45) is 0 Å². The SMILES string of the molecule is O=C(CSc1nnnn1CCc1cccs1)NC(=O)Nc1ccc2c(c1)OCCO2. The molecular weight excluding hydrogens is 428 g/mol. The fourth-order valence-electron chi connectivity index (χ4n) is 2.69. The number of hydrogen-bond acceptors (Lipinski definition) is 9. The Balaban J connectivity index is 1.24. The summed E-state index contributed by atoms with van der Waals surface area (Å²) >= 11 is 2.84. The number of carbonyl (C=O) groups is 2. The summed E-state index contributed by atoms with van der Waals surface area (Å²) in [4.78, 5) is 25.4. The number of thiophene rings is 1. The molecular formula is C18H18N6O4S2. The molecule has 3 amide bonds. The first-order valence-corrected chi connectivity index (χ1v) is 11.0. The van der Waals surface area contributed by atoms with Crippen molar-refractivity contribution in [3.05, 3.63) is 40.6 Å². The number of aryl methyl sites for hydroxylation is 2. The molecule has 0 saturated heterocycles. The number of nitrogens with zero attached hydrogens (tertiary/aromatic N) is 4. The zero-order valence-electron chi connectivity index (χ0n) is 15.7. The van der Waals surface area contributed by atoms with Gasteiger partial charge in [0, 0.05) is 23.1 Å². The summed E-state index contributed by atoms with van der Waals surface area (Å²) in [6.45, 7) is 1.55. The van der Waals surface area contributed by atoms with E-state index in [2.05, 4.69) is 32.2 Å². The molecule has 0 radical (unpaired) electrons. The Morgan fingerprint density at radius 3 is 2.90 bits per heavy atom. The van der Waals surface area contributed by atoms with Crippen LogP contribution in [0.4, 0.5) is 10.5 Å². The second kappa shape index (κ2) is 9.59. The molecule has 0 fully saturated rings. The average molecular weight is 447 g/mol. The van der Waals surface area contributed by atoms with Crippen molar-refractivity contribution in [3.8, 4) is 11.5 Å². The summed E-state index contributed by atoms with van der Waals surface area (Å²) in [5.41, 5.74) is 0.495. The normalized spacial score (nSPS) is 12.4. The zero-order chi connectivity index (χ0) is 20.8. The summed E-state index contributed by atoms with van der Waals surface area (Å²) in [6, 6.07) is 8.45. The van der Waals surface area contributed by atoms with E-state index < -0.39 is 11.9 Å². The number of aromatic nitrogens is 4. The van der Waals surface area contributed by atoms with Crippen LogP contribution in [0, 0.1) is 0 Å². The Labute approximate surface area is 179 Å². The molecule has 1 aliphatic heterocycles. The summed E-state index contributed by atoms with van der Waals surface area (Å²) in [5.74, 6) is 0.725. The molecule has 1 aliphatic rings. The number of tetrazole rings is 1. The van der Waals surface area contributed by atoms with Gasteiger partial charge in [-0.2, -0.15) is 0 Å². The monoisotopic (exact) mass is 446 g/mol. The van der Waals surface area contributed by atoms with Gasteiger partial charge in [0.15, 0.2) is 11.5 Å². The number of rotatable bonds is 7. The molecule has 0 unspecified atom stereocenters. The largest absolute Gasteiger partial charge is 0.486 e. The summed E-state index contributed by atoms with van der Waals surface area (Å²) < 4.78 is 12.6. The van der Waals surface area contributed by atoms with Crippen molar-refractivity contribution >= 4 is 40.7 Å². The Morgan fingerprint density at radius 1 is 1.20 bits per heavy atom. The van der Waals surface area contributed by atoms with Gasteiger partial charge in [-0.3, -0.25) is 10.1 Å². The molecule has 156 valence electrons. The number of anilines is 1. The fraction of sp³-hybridized carbons (Fsp3) is 0.278. The predicted octanol–water partition coefficient (Wildman–Crippen LogP) is 2.19. The smallest absolute Gasteiger partial charge is 0.325 e. The van der Waals surface area contributed by atoms with Crippen molar-refractivity contribution in [1.29, 1.82) is 0 Å². The van der Waals surface area contributed by atoms with E-state index in [1.165, 1.54) is 16.6 Å². The van der Waals surface area contributed by atoms with E-state index in [0.29, 0.717) is 42.1 Å². The van der Waals surface area contributed by atoms with Crippen LogP contribution in [0.3, 0.4) is 0 Å². The highest BCUT2D eigenvalue weighted by Gasteiger charge is 2.15. The van der Waals surface area contributed by atoms with E-state index in [1.807, 2.05) is 11.4 Å². The predicted molar refractivity (Wildman–Crippen MR) is 111 cm³/mol. The van der Waals surface area contributed by atoms with E-state index in [1.54, 1.807) is 34.2 Å². The van der Waals surface area contributed by atoms with Crippen LogP contribution in [0.25, 0.3) is 0 Å². The van der Waals surface area contributed by atoms with Crippen molar-refractivity contribution in [3.63, 3.8) is 0 Å². The molecule has 0 saturated carbocycles. The van der Waals surface area contributed by atoms with Crippen LogP contribution < -0.4 is 20.1 Å². The van der Waals surface area contributed by atoms with E-state index >= 15 is 0 Å². The lowest BCUT2D eigenvalue weighted by Crippen LogP contribution is -2.35. The molecule has 2 N–H and O–H groups in total. The van der Waals surface area contributed by atoms with Gasteiger partial charge in [0.25, 0.3) is 0 Å². The van der Waals surface area contributed by atoms with Gasteiger partial charge in [-0.1, -0.05) is 17.8 Å². The number of imide groups is 1. The van der Waals surface area contributed by atoms with Gasteiger partial charge in [0.2, 0.25) is 11.1 Å². The lowest BCUT2D eigenvalue weighted by Gasteiger charge is -2.19. The summed E-state index contributed by atoms with van der Waals surface area (Å²) in [7, 11) is 0. The molecule has 30 heavy (non-hydrogen) atoms. The molecule has 4 rings (SSSR count). The van der Waals surface area contributed by atoms with Gasteiger partial charge in [-0.15, -0.1) is 16.4 Å². The minimum absolute atomic E-state index is 0.00787. The molecule has 12 heteroatoms. The topological polar surface area (TPSA) is 120 Å². The number of benzene rings is 1. The van der Waals surface area contributed by atoms with Crippen molar-refractivity contribution in [1.82, 2.24) is 25.5 Å². The van der Waals surface area contributed by atoms with E-state index in [0.717, 1.165) is 6.42 Å². The zero-order valence-corrected chi connectivity index (χ0v) is 17.4. The number of urea groups is 1. The molecule has 3 aromatic rings. The maximum Gasteiger partial charge on any atom is 0.325 e. The molecule has 3 heterocycles. The summed E-state index contributed by atoms with van der Waals surface area (Å²) in [5, 5.41) is 19.0. The van der Waals surface area contributed by atoms with Crippen LogP contribution in [-0.4, -0.2) is 51.1 Å². The second-order valence-corrected chi connectivity index (χ2v) is 8.14. The van der Waals surface area contributed by atoms with Crippen molar-refractivity contribution in [2.75, 3.05) is 24.3 Å². The average Bonchev–Trinajstić information content (AvgIpc) is 3.42. The number of amides is 3. The number of carbonyl (C=O) groups excluding carboxylic acids is 2. The summed E-state index contributed by atoms with van der Waals surface area (Å²) in [6.07, 6.45) is 0.806. The molecule has 0 aliphatic carbocycles. The number of hydrogen-bond donors (Lipinski definition) is 2. The minimum Gasteiger partial charge on any atom is -0.486 e. The highest BCUT2D eigenvalue weighted by atomic mass is 32.2. The molecule has 0 spiro atoms. The quantitative estimate of drug-likeness (QED) is 0.530. The standard InChI is InChI=1S/C18H18N6O4S2/c25-16(11-30-18-21-22-23-24(18)6-5-13-2-1-9-29-13)20-17(26)19-12-3-4-14-15(10-12)28-8-7-27-14/h1-4,9-10H,5-8,11H2,(H2,19,20,25,26). The van der Waals surface area contributed by atoms with Crippen LogP contribution in [0.15, 0.2) is 40.9 Å². The minimum atomic E-state index is -0.630. The third-order valence-corrected chi connectivity index (χ3v) is 5.93. The third kappa shape index (κ3) is 5.27. The third-order valence-electron chi connectivity index (χ3n) is 4.03. The van der Waals surface area contributed by atoms with Gasteiger partial charge >= 0.3 is 6.03 Å². The first kappa shape index (κ1) is 20.2. The van der Waals surface area contributed by atoms with Gasteiger partial charge < -0.3 is 14.8 Å². The number of ether oxygens (including phenoxy) is 2. The van der Waals surface area contributed by atoms with E-state index in [-0.39, 0.29) is 5.75 Å². The van der Waals surface area contributed by atoms with Gasteiger partial charge in [0.05, 0.1) is 12.3 Å².